The highest BCUT2D eigenvalue weighted by atomic mass is 16.5. The molecule has 2 bridgehead atoms. The molecule has 5 heteroatoms. The van der Waals surface area contributed by atoms with Crippen molar-refractivity contribution in [2.24, 2.45) is 23.7 Å². The Balaban J connectivity index is 1.36. The predicted molar refractivity (Wildman–Crippen MR) is 152 cm³/mol. The number of amides is 2. The molecular weight excluding hydrogens is 486 g/mol. The Hall–Kier alpha value is -4.64. The Labute approximate surface area is 227 Å². The zero-order valence-corrected chi connectivity index (χ0v) is 21.7. The van der Waals surface area contributed by atoms with Crippen molar-refractivity contribution >= 4 is 33.8 Å². The monoisotopic (exact) mass is 513 g/mol. The van der Waals surface area contributed by atoms with Crippen LogP contribution in [0.4, 0.5) is 5.69 Å². The van der Waals surface area contributed by atoms with E-state index in [0.717, 1.165) is 44.5 Å². The first-order valence-electron chi connectivity index (χ1n) is 13.2. The number of hydrogen-bond donors (Lipinski definition) is 0. The summed E-state index contributed by atoms with van der Waals surface area (Å²) < 4.78 is 10.8. The smallest absolute Gasteiger partial charge is 0.238 e. The van der Waals surface area contributed by atoms with Crippen LogP contribution < -0.4 is 14.4 Å². The zero-order chi connectivity index (χ0) is 26.7. The van der Waals surface area contributed by atoms with Gasteiger partial charge >= 0.3 is 0 Å². The minimum Gasteiger partial charge on any atom is -0.497 e. The predicted octanol–water partition coefficient (Wildman–Crippen LogP) is 6.28. The van der Waals surface area contributed by atoms with Crippen LogP contribution in [0, 0.1) is 23.7 Å². The molecule has 4 atom stereocenters. The van der Waals surface area contributed by atoms with E-state index in [-0.39, 0.29) is 23.7 Å². The molecule has 4 aromatic carbocycles. The third-order valence-corrected chi connectivity index (χ3v) is 8.47. The second kappa shape index (κ2) is 8.98. The Morgan fingerprint density at radius 3 is 1.69 bits per heavy atom. The summed E-state index contributed by atoms with van der Waals surface area (Å²) in [6.07, 6.45) is 4.26. The lowest BCUT2D eigenvalue weighted by molar-refractivity contribution is -0.122. The highest BCUT2D eigenvalue weighted by Crippen LogP contribution is 2.59. The second-order valence-corrected chi connectivity index (χ2v) is 10.3. The molecule has 0 aromatic heterocycles. The summed E-state index contributed by atoms with van der Waals surface area (Å²) >= 11 is 0. The fraction of sp³-hybridized carbons (Fsp3) is 0.176. The van der Waals surface area contributed by atoms with Crippen molar-refractivity contribution < 1.29 is 19.1 Å². The van der Waals surface area contributed by atoms with Crippen LogP contribution >= 0.6 is 0 Å². The molecule has 2 fully saturated rings. The number of benzene rings is 4. The van der Waals surface area contributed by atoms with Crippen molar-refractivity contribution in [1.29, 1.82) is 0 Å². The van der Waals surface area contributed by atoms with Crippen LogP contribution in [-0.4, -0.2) is 26.0 Å². The lowest BCUT2D eigenvalue weighted by Gasteiger charge is -2.22. The number of anilines is 1. The van der Waals surface area contributed by atoms with E-state index >= 15 is 0 Å². The SMILES string of the molecule is COc1ccc(C(=C2[C@H]3C=C[C@H]2[C@H]2C(=O)N(c4cccc5ccccc45)C(=O)[C@@H]23)c2ccc(OC)cc2)cc1. The zero-order valence-electron chi connectivity index (χ0n) is 21.7. The number of imide groups is 1. The van der Waals surface area contributed by atoms with Gasteiger partial charge in [0.2, 0.25) is 11.8 Å². The number of fused-ring (bicyclic) bond motifs is 6. The van der Waals surface area contributed by atoms with Gasteiger partial charge in [-0.15, -0.1) is 0 Å². The van der Waals surface area contributed by atoms with Gasteiger partial charge < -0.3 is 9.47 Å². The number of carbonyl (C=O) groups excluding carboxylic acids is 2. The van der Waals surface area contributed by atoms with Gasteiger partial charge in [-0.1, -0.05) is 72.8 Å². The van der Waals surface area contributed by atoms with E-state index in [0.29, 0.717) is 5.69 Å². The molecule has 2 amide bonds. The molecule has 0 N–H and O–H groups in total. The van der Waals surface area contributed by atoms with Crippen molar-refractivity contribution in [3.8, 4) is 11.5 Å². The van der Waals surface area contributed by atoms with E-state index in [1.165, 1.54) is 4.90 Å². The van der Waals surface area contributed by atoms with Gasteiger partial charge in [0.25, 0.3) is 0 Å². The molecule has 3 aliphatic rings. The first-order valence-corrected chi connectivity index (χ1v) is 13.2. The maximum Gasteiger partial charge on any atom is 0.238 e. The summed E-state index contributed by atoms with van der Waals surface area (Å²) in [4.78, 5) is 29.6. The molecule has 39 heavy (non-hydrogen) atoms. The van der Waals surface area contributed by atoms with Crippen LogP contribution in [-0.2, 0) is 9.59 Å². The van der Waals surface area contributed by atoms with Gasteiger partial charge in [-0.3, -0.25) is 9.59 Å². The van der Waals surface area contributed by atoms with E-state index in [2.05, 4.69) is 12.2 Å². The Morgan fingerprint density at radius 2 is 1.15 bits per heavy atom. The van der Waals surface area contributed by atoms with Crippen molar-refractivity contribution in [1.82, 2.24) is 0 Å². The number of methoxy groups -OCH3 is 2. The normalized spacial score (nSPS) is 23.0. The average Bonchev–Trinajstić information content (AvgIpc) is 3.62. The fourth-order valence-corrected chi connectivity index (χ4v) is 6.75. The number of carbonyl (C=O) groups is 2. The molecule has 2 aliphatic carbocycles. The molecule has 1 aliphatic heterocycles. The summed E-state index contributed by atoms with van der Waals surface area (Å²) in [7, 11) is 3.30. The van der Waals surface area contributed by atoms with Crippen LogP contribution in [0.1, 0.15) is 11.1 Å². The molecule has 4 aromatic rings. The van der Waals surface area contributed by atoms with Crippen LogP contribution in [0.5, 0.6) is 11.5 Å². The van der Waals surface area contributed by atoms with Crippen LogP contribution in [0.25, 0.3) is 16.3 Å². The average molecular weight is 514 g/mol. The number of ether oxygens (including phenoxy) is 2. The van der Waals surface area contributed by atoms with E-state index in [4.69, 9.17) is 9.47 Å². The first-order chi connectivity index (χ1) is 19.1. The molecule has 0 unspecified atom stereocenters. The van der Waals surface area contributed by atoms with Gasteiger partial charge in [0.05, 0.1) is 31.7 Å². The third-order valence-electron chi connectivity index (χ3n) is 8.47. The molecule has 192 valence electrons. The van der Waals surface area contributed by atoms with Crippen molar-refractivity contribution in [2.45, 2.75) is 0 Å². The molecule has 5 nitrogen and oxygen atoms in total. The first kappa shape index (κ1) is 23.5. The van der Waals surface area contributed by atoms with E-state index in [1.54, 1.807) is 14.2 Å². The number of nitrogens with zero attached hydrogens (tertiary/aromatic N) is 1. The lowest BCUT2D eigenvalue weighted by Crippen LogP contribution is -2.33. The minimum absolute atomic E-state index is 0.112. The highest BCUT2D eigenvalue weighted by molar-refractivity contribution is 6.26. The summed E-state index contributed by atoms with van der Waals surface area (Å²) in [5, 5.41) is 1.92. The second-order valence-electron chi connectivity index (χ2n) is 10.3. The van der Waals surface area contributed by atoms with Gasteiger partial charge in [0, 0.05) is 17.2 Å². The van der Waals surface area contributed by atoms with Gasteiger partial charge in [0.15, 0.2) is 0 Å². The quantitative estimate of drug-likeness (QED) is 0.233. The van der Waals surface area contributed by atoms with Crippen molar-refractivity contribution in [3.63, 3.8) is 0 Å². The summed E-state index contributed by atoms with van der Waals surface area (Å²) in [5.74, 6) is 0.225. The molecule has 7 rings (SSSR count). The standard InChI is InChI=1S/C34H27NO4/c1-38-23-14-10-21(11-15-23)29(22-12-16-24(39-2)17-13-22)30-26-18-19-27(30)32-31(26)33(36)35(34(32)37)28-9-5-7-20-6-3-4-8-25(20)28/h3-19,26-27,31-32H,1-2H3/t26-,27-,31-,32-/m1/s1. The van der Waals surface area contributed by atoms with Gasteiger partial charge in [-0.2, -0.15) is 0 Å². The van der Waals surface area contributed by atoms with E-state index in [1.807, 2.05) is 91.0 Å². The van der Waals surface area contributed by atoms with Crippen LogP contribution in [0.3, 0.4) is 0 Å². The van der Waals surface area contributed by atoms with Crippen LogP contribution in [0.2, 0.25) is 0 Å². The largest absolute Gasteiger partial charge is 0.497 e. The number of hydrogen-bond acceptors (Lipinski definition) is 4. The van der Waals surface area contributed by atoms with Gasteiger partial charge in [-0.05, 0) is 58.0 Å². The molecule has 0 radical (unpaired) electrons. The minimum atomic E-state index is -0.409. The summed E-state index contributed by atoms with van der Waals surface area (Å²) in [6, 6.07) is 29.7. The Bertz CT molecular complexity index is 1590. The summed E-state index contributed by atoms with van der Waals surface area (Å²) in [6.45, 7) is 0. The van der Waals surface area contributed by atoms with Crippen molar-refractivity contribution in [3.05, 3.63) is 120 Å². The van der Waals surface area contributed by atoms with Crippen molar-refractivity contribution in [2.75, 3.05) is 19.1 Å². The number of allylic oxidation sites excluding steroid dienone is 3. The molecule has 1 saturated carbocycles. The lowest BCUT2D eigenvalue weighted by atomic mass is 9.85. The number of rotatable bonds is 5. The maximum atomic E-state index is 14.1. The fourth-order valence-electron chi connectivity index (χ4n) is 6.75. The highest BCUT2D eigenvalue weighted by Gasteiger charge is 2.62. The molecular formula is C34H27NO4. The Kier molecular flexibility index (Phi) is 5.41. The van der Waals surface area contributed by atoms with Gasteiger partial charge in [-0.25, -0.2) is 4.90 Å². The molecule has 1 heterocycles. The molecule has 0 spiro atoms. The topological polar surface area (TPSA) is 55.8 Å². The third kappa shape index (κ3) is 3.46. The Morgan fingerprint density at radius 1 is 0.641 bits per heavy atom. The summed E-state index contributed by atoms with van der Waals surface area (Å²) in [5.41, 5.74) is 4.93. The van der Waals surface area contributed by atoms with Crippen LogP contribution in [0.15, 0.2) is 109 Å². The van der Waals surface area contributed by atoms with Gasteiger partial charge in [0.1, 0.15) is 11.5 Å². The van der Waals surface area contributed by atoms with E-state index < -0.39 is 11.8 Å². The molecule has 1 saturated heterocycles. The maximum absolute atomic E-state index is 14.1. The van der Waals surface area contributed by atoms with E-state index in [9.17, 15) is 9.59 Å².